The second-order valence-electron chi connectivity index (χ2n) is 5.55. The van der Waals surface area contributed by atoms with Crippen molar-refractivity contribution in [2.24, 2.45) is 0 Å². The molecule has 0 bridgehead atoms. The van der Waals surface area contributed by atoms with Gasteiger partial charge >= 0.3 is 0 Å². The summed E-state index contributed by atoms with van der Waals surface area (Å²) in [7, 11) is 0. The Bertz CT molecular complexity index is 552. The maximum Gasteiger partial charge on any atom is 0.0695 e. The quantitative estimate of drug-likeness (QED) is 0.851. The highest BCUT2D eigenvalue weighted by molar-refractivity contribution is 7.99. The molecule has 4 heteroatoms. The maximum absolute atomic E-state index is 4.23. The average Bonchev–Trinajstić information content (AvgIpc) is 3.15. The first-order chi connectivity index (χ1) is 10.4. The molecule has 2 aromatic rings. The molecule has 0 saturated heterocycles. The van der Waals surface area contributed by atoms with Crippen LogP contribution in [0.2, 0.25) is 0 Å². The fourth-order valence-corrected chi connectivity index (χ4v) is 4.34. The van der Waals surface area contributed by atoms with Crippen LogP contribution in [0.25, 0.3) is 11.3 Å². The fraction of sp³-hybridized carbons (Fsp3) is 0.471. The minimum atomic E-state index is 0.647. The number of thioether (sulfide) groups is 1. The molecule has 21 heavy (non-hydrogen) atoms. The van der Waals surface area contributed by atoms with Crippen molar-refractivity contribution in [1.29, 1.82) is 0 Å². The normalized spacial score (nSPS) is 21.8. The zero-order valence-corrected chi connectivity index (χ0v) is 13.3. The number of nitrogens with zero attached hydrogens (tertiary/aromatic N) is 1. The van der Waals surface area contributed by atoms with Gasteiger partial charge in [0.15, 0.2) is 0 Å². The molecule has 0 amide bonds. The lowest BCUT2D eigenvalue weighted by atomic mass is 10.1. The van der Waals surface area contributed by atoms with Gasteiger partial charge in [-0.2, -0.15) is 16.9 Å². The summed E-state index contributed by atoms with van der Waals surface area (Å²) in [6.07, 6.45) is 5.96. The van der Waals surface area contributed by atoms with E-state index in [4.69, 9.17) is 0 Å². The molecule has 0 aliphatic heterocycles. The number of aromatic nitrogens is 2. The highest BCUT2D eigenvalue weighted by Crippen LogP contribution is 2.30. The van der Waals surface area contributed by atoms with E-state index < -0.39 is 0 Å². The molecule has 2 N–H and O–H groups in total. The van der Waals surface area contributed by atoms with Crippen molar-refractivity contribution in [3.05, 3.63) is 42.1 Å². The van der Waals surface area contributed by atoms with Gasteiger partial charge in [0, 0.05) is 23.4 Å². The van der Waals surface area contributed by atoms with Gasteiger partial charge in [0.25, 0.3) is 0 Å². The number of hydrogen-bond acceptors (Lipinski definition) is 3. The van der Waals surface area contributed by atoms with Crippen molar-refractivity contribution in [2.45, 2.75) is 44.0 Å². The Morgan fingerprint density at radius 1 is 1.29 bits per heavy atom. The van der Waals surface area contributed by atoms with E-state index in [1.807, 2.05) is 12.3 Å². The van der Waals surface area contributed by atoms with Crippen LogP contribution < -0.4 is 5.32 Å². The summed E-state index contributed by atoms with van der Waals surface area (Å²) < 4.78 is 0. The molecule has 1 aliphatic rings. The minimum absolute atomic E-state index is 0.647. The van der Waals surface area contributed by atoms with E-state index in [0.29, 0.717) is 6.04 Å². The Kier molecular flexibility index (Phi) is 4.99. The van der Waals surface area contributed by atoms with Gasteiger partial charge < -0.3 is 5.32 Å². The Hall–Kier alpha value is -1.26. The third-order valence-electron chi connectivity index (χ3n) is 4.17. The monoisotopic (exact) mass is 301 g/mol. The van der Waals surface area contributed by atoms with Gasteiger partial charge in [0.2, 0.25) is 0 Å². The fourth-order valence-electron chi connectivity index (χ4n) is 3.11. The van der Waals surface area contributed by atoms with Crippen molar-refractivity contribution < 1.29 is 0 Å². The average molecular weight is 301 g/mol. The summed E-state index contributed by atoms with van der Waals surface area (Å²) in [6.45, 7) is 3.15. The molecular formula is C17H23N3S. The van der Waals surface area contributed by atoms with Crippen molar-refractivity contribution in [2.75, 3.05) is 5.75 Å². The van der Waals surface area contributed by atoms with Crippen LogP contribution in [0.3, 0.4) is 0 Å². The minimum Gasteiger partial charge on any atom is -0.309 e. The molecule has 0 spiro atoms. The molecule has 2 atom stereocenters. The van der Waals surface area contributed by atoms with Crippen molar-refractivity contribution in [1.82, 2.24) is 15.5 Å². The van der Waals surface area contributed by atoms with Crippen LogP contribution in [0.5, 0.6) is 0 Å². The summed E-state index contributed by atoms with van der Waals surface area (Å²) in [5.41, 5.74) is 3.60. The zero-order valence-electron chi connectivity index (χ0n) is 12.5. The van der Waals surface area contributed by atoms with Gasteiger partial charge in [-0.3, -0.25) is 5.10 Å². The summed E-state index contributed by atoms with van der Waals surface area (Å²) >= 11 is 2.10. The Morgan fingerprint density at radius 2 is 2.14 bits per heavy atom. The summed E-state index contributed by atoms with van der Waals surface area (Å²) in [5, 5.41) is 11.9. The van der Waals surface area contributed by atoms with Crippen LogP contribution in [0.4, 0.5) is 0 Å². The molecule has 3 nitrogen and oxygen atoms in total. The predicted molar refractivity (Wildman–Crippen MR) is 90.4 cm³/mol. The number of hydrogen-bond donors (Lipinski definition) is 2. The number of aromatic amines is 1. The lowest BCUT2D eigenvalue weighted by molar-refractivity contribution is 0.532. The number of rotatable bonds is 6. The first-order valence-corrected chi connectivity index (χ1v) is 8.86. The highest BCUT2D eigenvalue weighted by atomic mass is 32.2. The van der Waals surface area contributed by atoms with Crippen LogP contribution in [0, 0.1) is 0 Å². The van der Waals surface area contributed by atoms with Crippen LogP contribution in [0.15, 0.2) is 36.5 Å². The van der Waals surface area contributed by atoms with Crippen LogP contribution in [0.1, 0.15) is 31.7 Å². The van der Waals surface area contributed by atoms with E-state index >= 15 is 0 Å². The molecule has 3 rings (SSSR count). The largest absolute Gasteiger partial charge is 0.309 e. The van der Waals surface area contributed by atoms with E-state index in [1.54, 1.807) is 0 Å². The number of H-pyrrole nitrogens is 1. The standard InChI is InChI=1S/C17H23N3S/c1-2-21-16-10-6-9-15(16)18-11-14-12-19-20-17(14)13-7-4-3-5-8-13/h3-5,7-8,12,15-16,18H,2,6,9-11H2,1H3,(H,19,20). The summed E-state index contributed by atoms with van der Waals surface area (Å²) in [5.74, 6) is 1.21. The summed E-state index contributed by atoms with van der Waals surface area (Å²) in [6, 6.07) is 11.1. The molecule has 1 aromatic carbocycles. The first kappa shape index (κ1) is 14.7. The van der Waals surface area contributed by atoms with Gasteiger partial charge in [-0.15, -0.1) is 0 Å². The van der Waals surface area contributed by atoms with Gasteiger partial charge in [-0.1, -0.05) is 43.7 Å². The number of benzene rings is 1. The third kappa shape index (κ3) is 3.50. The van der Waals surface area contributed by atoms with Gasteiger partial charge in [-0.05, 0) is 24.2 Å². The molecule has 1 heterocycles. The second kappa shape index (κ2) is 7.14. The molecule has 1 aliphatic carbocycles. The van der Waals surface area contributed by atoms with E-state index in [0.717, 1.165) is 17.5 Å². The van der Waals surface area contributed by atoms with Crippen LogP contribution in [-0.4, -0.2) is 27.2 Å². The maximum atomic E-state index is 4.23. The molecule has 1 aromatic heterocycles. The Balaban J connectivity index is 1.65. The van der Waals surface area contributed by atoms with Crippen molar-refractivity contribution in [3.8, 4) is 11.3 Å². The number of nitrogens with one attached hydrogen (secondary N) is 2. The SMILES string of the molecule is CCSC1CCCC1NCc1cn[nH]c1-c1ccccc1. The molecule has 112 valence electrons. The molecule has 1 saturated carbocycles. The molecular weight excluding hydrogens is 278 g/mol. The van der Waals surface area contributed by atoms with Crippen molar-refractivity contribution >= 4 is 11.8 Å². The molecule has 0 radical (unpaired) electrons. The van der Waals surface area contributed by atoms with Gasteiger partial charge in [0.05, 0.1) is 11.9 Å². The van der Waals surface area contributed by atoms with E-state index in [2.05, 4.69) is 58.5 Å². The zero-order chi connectivity index (χ0) is 14.5. The lowest BCUT2D eigenvalue weighted by Gasteiger charge is -2.20. The Labute approximate surface area is 130 Å². The van der Waals surface area contributed by atoms with Gasteiger partial charge in [0.1, 0.15) is 0 Å². The second-order valence-corrected chi connectivity index (χ2v) is 7.06. The molecule has 1 fully saturated rings. The third-order valence-corrected chi connectivity index (χ3v) is 5.49. The predicted octanol–water partition coefficient (Wildman–Crippen LogP) is 3.84. The Morgan fingerprint density at radius 3 is 2.95 bits per heavy atom. The first-order valence-electron chi connectivity index (χ1n) is 7.81. The van der Waals surface area contributed by atoms with Crippen LogP contribution >= 0.6 is 11.8 Å². The van der Waals surface area contributed by atoms with Gasteiger partial charge in [-0.25, -0.2) is 0 Å². The highest BCUT2D eigenvalue weighted by Gasteiger charge is 2.26. The topological polar surface area (TPSA) is 40.7 Å². The van der Waals surface area contributed by atoms with E-state index in [1.165, 1.54) is 36.1 Å². The molecule has 2 unspecified atom stereocenters. The smallest absolute Gasteiger partial charge is 0.0695 e. The van der Waals surface area contributed by atoms with E-state index in [-0.39, 0.29) is 0 Å². The van der Waals surface area contributed by atoms with Crippen molar-refractivity contribution in [3.63, 3.8) is 0 Å². The van der Waals surface area contributed by atoms with Crippen LogP contribution in [-0.2, 0) is 6.54 Å². The lowest BCUT2D eigenvalue weighted by Crippen LogP contribution is -2.33. The summed E-state index contributed by atoms with van der Waals surface area (Å²) in [4.78, 5) is 0. The van der Waals surface area contributed by atoms with E-state index in [9.17, 15) is 0 Å².